The molecule has 3 rings (SSSR count). The third-order valence-electron chi connectivity index (χ3n) is 4.86. The van der Waals surface area contributed by atoms with Gasteiger partial charge in [0, 0.05) is 56.4 Å². The number of hydrogen-bond acceptors (Lipinski definition) is 6. The van der Waals surface area contributed by atoms with Crippen LogP contribution in [0.1, 0.15) is 38.3 Å². The standard InChI is InChI=1S/C17H28N6O/c1-3-6-23-11-14(10-16(23)24)20-13-4-7-22(8-5-13)15-9-12(2)19-17(18)21-15/h9,13-14,20H,3-8,10-11H2,1-2H3,(H2,18,19,21). The molecule has 24 heavy (non-hydrogen) atoms. The average molecular weight is 332 g/mol. The zero-order chi connectivity index (χ0) is 17.1. The van der Waals surface area contributed by atoms with Crippen LogP contribution >= 0.6 is 0 Å². The van der Waals surface area contributed by atoms with Crippen LogP contribution in [0.3, 0.4) is 0 Å². The molecule has 0 bridgehead atoms. The molecule has 0 radical (unpaired) electrons. The van der Waals surface area contributed by atoms with Crippen LogP contribution in [0.5, 0.6) is 0 Å². The lowest BCUT2D eigenvalue weighted by atomic mass is 10.0. The van der Waals surface area contributed by atoms with E-state index in [-0.39, 0.29) is 0 Å². The Hall–Kier alpha value is -1.89. The fourth-order valence-electron chi connectivity index (χ4n) is 3.71. The van der Waals surface area contributed by atoms with Gasteiger partial charge in [0.05, 0.1) is 0 Å². The first kappa shape index (κ1) is 17.0. The number of nitrogens with one attached hydrogen (secondary N) is 1. The van der Waals surface area contributed by atoms with Crippen molar-refractivity contribution in [1.29, 1.82) is 0 Å². The summed E-state index contributed by atoms with van der Waals surface area (Å²) < 4.78 is 0. The van der Waals surface area contributed by atoms with Gasteiger partial charge in [-0.05, 0) is 26.2 Å². The summed E-state index contributed by atoms with van der Waals surface area (Å²) in [5.41, 5.74) is 6.66. The number of hydrogen-bond donors (Lipinski definition) is 2. The number of carbonyl (C=O) groups is 1. The number of carbonyl (C=O) groups excluding carboxylic acids is 1. The summed E-state index contributed by atoms with van der Waals surface area (Å²) in [6, 6.07) is 2.76. The summed E-state index contributed by atoms with van der Waals surface area (Å²) in [4.78, 5) is 24.7. The van der Waals surface area contributed by atoms with E-state index in [1.165, 1.54) is 0 Å². The summed E-state index contributed by atoms with van der Waals surface area (Å²) in [6.07, 6.45) is 3.78. The summed E-state index contributed by atoms with van der Waals surface area (Å²) in [6.45, 7) is 7.69. The number of anilines is 2. The number of aromatic nitrogens is 2. The molecular formula is C17H28N6O. The fraction of sp³-hybridized carbons (Fsp3) is 0.706. The van der Waals surface area contributed by atoms with Crippen molar-refractivity contribution < 1.29 is 4.79 Å². The van der Waals surface area contributed by atoms with Crippen molar-refractivity contribution in [3.63, 3.8) is 0 Å². The van der Waals surface area contributed by atoms with E-state index in [4.69, 9.17) is 5.73 Å². The van der Waals surface area contributed by atoms with Gasteiger partial charge in [-0.15, -0.1) is 0 Å². The lowest BCUT2D eigenvalue weighted by Crippen LogP contribution is -2.47. The molecule has 1 amide bonds. The number of piperidine rings is 1. The van der Waals surface area contributed by atoms with Crippen molar-refractivity contribution in [2.45, 2.75) is 51.6 Å². The van der Waals surface area contributed by atoms with Crippen molar-refractivity contribution in [1.82, 2.24) is 20.2 Å². The molecule has 2 aliphatic rings. The third-order valence-corrected chi connectivity index (χ3v) is 4.86. The maximum absolute atomic E-state index is 12.0. The second kappa shape index (κ2) is 7.34. The highest BCUT2D eigenvalue weighted by atomic mass is 16.2. The Kier molecular flexibility index (Phi) is 5.18. The van der Waals surface area contributed by atoms with Crippen LogP contribution in [0.15, 0.2) is 6.07 Å². The topological polar surface area (TPSA) is 87.4 Å². The van der Waals surface area contributed by atoms with Crippen LogP contribution in [0, 0.1) is 6.92 Å². The maximum Gasteiger partial charge on any atom is 0.224 e. The quantitative estimate of drug-likeness (QED) is 0.834. The largest absolute Gasteiger partial charge is 0.368 e. The summed E-state index contributed by atoms with van der Waals surface area (Å²) in [5, 5.41) is 3.68. The Morgan fingerprint density at radius 3 is 2.71 bits per heavy atom. The second-order valence-corrected chi connectivity index (χ2v) is 6.89. The van der Waals surface area contributed by atoms with Crippen LogP contribution in [-0.4, -0.2) is 59.0 Å². The first-order valence-electron chi connectivity index (χ1n) is 8.95. The predicted octanol–water partition coefficient (Wildman–Crippen LogP) is 0.937. The average Bonchev–Trinajstić information content (AvgIpc) is 2.87. The molecule has 0 aromatic carbocycles. The highest BCUT2D eigenvalue weighted by Crippen LogP contribution is 2.21. The Morgan fingerprint density at radius 2 is 2.04 bits per heavy atom. The summed E-state index contributed by atoms with van der Waals surface area (Å²) in [5.74, 6) is 1.55. The van der Waals surface area contributed by atoms with Crippen molar-refractivity contribution >= 4 is 17.7 Å². The van der Waals surface area contributed by atoms with Crippen molar-refractivity contribution in [2.75, 3.05) is 36.8 Å². The minimum atomic E-state index is 0.290. The van der Waals surface area contributed by atoms with E-state index < -0.39 is 0 Å². The van der Waals surface area contributed by atoms with Gasteiger partial charge in [0.1, 0.15) is 5.82 Å². The minimum absolute atomic E-state index is 0.290. The molecule has 1 unspecified atom stereocenters. The third kappa shape index (κ3) is 3.95. The number of nitrogens with zero attached hydrogens (tertiary/aromatic N) is 4. The Bertz CT molecular complexity index is 564. The number of aryl methyl sites for hydroxylation is 1. The normalized spacial score (nSPS) is 22.4. The van der Waals surface area contributed by atoms with E-state index in [0.717, 1.165) is 57.0 Å². The molecule has 1 atom stereocenters. The van der Waals surface area contributed by atoms with Gasteiger partial charge in [-0.1, -0.05) is 6.92 Å². The number of rotatable bonds is 5. The van der Waals surface area contributed by atoms with Gasteiger partial charge in [-0.3, -0.25) is 4.79 Å². The smallest absolute Gasteiger partial charge is 0.224 e. The summed E-state index contributed by atoms with van der Waals surface area (Å²) >= 11 is 0. The molecule has 1 aromatic rings. The van der Waals surface area contributed by atoms with Crippen LogP contribution in [0.25, 0.3) is 0 Å². The molecule has 0 aliphatic carbocycles. The molecule has 3 heterocycles. The van der Waals surface area contributed by atoms with Crippen molar-refractivity contribution in [3.8, 4) is 0 Å². The number of nitrogens with two attached hydrogens (primary N) is 1. The van der Waals surface area contributed by atoms with Crippen LogP contribution in [0.4, 0.5) is 11.8 Å². The van der Waals surface area contributed by atoms with Crippen LogP contribution in [-0.2, 0) is 4.79 Å². The molecule has 0 spiro atoms. The highest BCUT2D eigenvalue weighted by molar-refractivity contribution is 5.79. The van der Waals surface area contributed by atoms with Gasteiger partial charge in [0.2, 0.25) is 11.9 Å². The number of nitrogen functional groups attached to an aromatic ring is 1. The first-order chi connectivity index (χ1) is 11.5. The van der Waals surface area contributed by atoms with E-state index in [2.05, 4.69) is 27.1 Å². The second-order valence-electron chi connectivity index (χ2n) is 6.89. The molecule has 2 fully saturated rings. The van der Waals surface area contributed by atoms with E-state index in [1.54, 1.807) is 0 Å². The van der Waals surface area contributed by atoms with E-state index in [1.807, 2.05) is 17.9 Å². The molecule has 0 saturated carbocycles. The monoisotopic (exact) mass is 332 g/mol. The molecule has 1 aromatic heterocycles. The molecule has 132 valence electrons. The zero-order valence-electron chi connectivity index (χ0n) is 14.7. The van der Waals surface area contributed by atoms with Crippen molar-refractivity contribution in [2.24, 2.45) is 0 Å². The SMILES string of the molecule is CCCN1CC(NC2CCN(c3cc(C)nc(N)n3)CC2)CC1=O. The lowest BCUT2D eigenvalue weighted by Gasteiger charge is -2.34. The Balaban J connectivity index is 1.50. The lowest BCUT2D eigenvalue weighted by molar-refractivity contribution is -0.127. The van der Waals surface area contributed by atoms with Crippen LogP contribution < -0.4 is 16.0 Å². The zero-order valence-corrected chi connectivity index (χ0v) is 14.7. The van der Waals surface area contributed by atoms with E-state index in [9.17, 15) is 4.79 Å². The van der Waals surface area contributed by atoms with E-state index >= 15 is 0 Å². The molecular weight excluding hydrogens is 304 g/mol. The minimum Gasteiger partial charge on any atom is -0.368 e. The predicted molar refractivity (Wildman–Crippen MR) is 94.8 cm³/mol. The fourth-order valence-corrected chi connectivity index (χ4v) is 3.71. The Morgan fingerprint density at radius 1 is 1.29 bits per heavy atom. The molecule has 2 aliphatic heterocycles. The molecule has 3 N–H and O–H groups in total. The highest BCUT2D eigenvalue weighted by Gasteiger charge is 2.31. The van der Waals surface area contributed by atoms with Crippen LogP contribution in [0.2, 0.25) is 0 Å². The van der Waals surface area contributed by atoms with Gasteiger partial charge < -0.3 is 20.9 Å². The maximum atomic E-state index is 12.0. The molecule has 2 saturated heterocycles. The van der Waals surface area contributed by atoms with Gasteiger partial charge >= 0.3 is 0 Å². The van der Waals surface area contributed by atoms with Crippen molar-refractivity contribution in [3.05, 3.63) is 11.8 Å². The molecule has 7 nitrogen and oxygen atoms in total. The van der Waals surface area contributed by atoms with Gasteiger partial charge in [0.15, 0.2) is 0 Å². The number of amides is 1. The number of likely N-dealkylation sites (tertiary alicyclic amines) is 1. The molecule has 7 heteroatoms. The summed E-state index contributed by atoms with van der Waals surface area (Å²) in [7, 11) is 0. The van der Waals surface area contributed by atoms with E-state index in [0.29, 0.717) is 30.4 Å². The van der Waals surface area contributed by atoms with Gasteiger partial charge in [0.25, 0.3) is 0 Å². The first-order valence-corrected chi connectivity index (χ1v) is 8.95. The van der Waals surface area contributed by atoms with Gasteiger partial charge in [-0.25, -0.2) is 4.98 Å². The Labute approximate surface area is 143 Å². The van der Waals surface area contributed by atoms with Gasteiger partial charge in [-0.2, -0.15) is 4.98 Å².